The lowest BCUT2D eigenvalue weighted by Gasteiger charge is -2.17. The van der Waals surface area contributed by atoms with Crippen molar-refractivity contribution in [3.63, 3.8) is 0 Å². The van der Waals surface area contributed by atoms with Gasteiger partial charge in [0, 0.05) is 16.5 Å². The molecule has 0 saturated carbocycles. The second kappa shape index (κ2) is 5.78. The van der Waals surface area contributed by atoms with Crippen LogP contribution in [0.15, 0.2) is 30.3 Å². The van der Waals surface area contributed by atoms with Crippen molar-refractivity contribution in [3.05, 3.63) is 56.7 Å². The minimum Gasteiger partial charge on any atom is -0.306 e. The number of hydrogen-bond acceptors (Lipinski definition) is 2. The van der Waals surface area contributed by atoms with E-state index in [4.69, 9.17) is 11.6 Å². The van der Waals surface area contributed by atoms with E-state index in [0.717, 1.165) is 10.9 Å². The summed E-state index contributed by atoms with van der Waals surface area (Å²) in [6, 6.07) is 6.95. The van der Waals surface area contributed by atoms with Crippen LogP contribution in [0.5, 0.6) is 0 Å². The van der Waals surface area contributed by atoms with E-state index < -0.39 is 11.6 Å². The van der Waals surface area contributed by atoms with Gasteiger partial charge in [0.15, 0.2) is 0 Å². The SMILES string of the molecule is CCNC(c1ccc(Cl)s1)c1ccc(F)cc1F. The van der Waals surface area contributed by atoms with Crippen LogP contribution < -0.4 is 5.32 Å². The maximum atomic E-state index is 13.8. The molecule has 1 nitrogen and oxygen atoms in total. The van der Waals surface area contributed by atoms with Crippen LogP contribution in [0.25, 0.3) is 0 Å². The third kappa shape index (κ3) is 2.88. The zero-order chi connectivity index (χ0) is 13.1. The van der Waals surface area contributed by atoms with E-state index in [9.17, 15) is 8.78 Å². The minimum atomic E-state index is -0.573. The average molecular weight is 288 g/mol. The largest absolute Gasteiger partial charge is 0.306 e. The number of nitrogens with one attached hydrogen (secondary N) is 1. The zero-order valence-electron chi connectivity index (χ0n) is 9.71. The van der Waals surface area contributed by atoms with Gasteiger partial charge >= 0.3 is 0 Å². The molecule has 96 valence electrons. The van der Waals surface area contributed by atoms with Gasteiger partial charge in [-0.2, -0.15) is 0 Å². The lowest BCUT2D eigenvalue weighted by Crippen LogP contribution is -2.22. The van der Waals surface area contributed by atoms with E-state index in [1.165, 1.54) is 23.5 Å². The Morgan fingerprint density at radius 2 is 2.06 bits per heavy atom. The number of thiophene rings is 1. The van der Waals surface area contributed by atoms with Gasteiger partial charge in [0.05, 0.1) is 10.4 Å². The summed E-state index contributed by atoms with van der Waals surface area (Å²) in [4.78, 5) is 0.910. The first-order valence-electron chi connectivity index (χ1n) is 5.55. The highest BCUT2D eigenvalue weighted by Crippen LogP contribution is 2.32. The zero-order valence-corrected chi connectivity index (χ0v) is 11.3. The second-order valence-electron chi connectivity index (χ2n) is 3.80. The van der Waals surface area contributed by atoms with Gasteiger partial charge in [-0.05, 0) is 24.7 Å². The minimum absolute atomic E-state index is 0.298. The summed E-state index contributed by atoms with van der Waals surface area (Å²) in [6.07, 6.45) is 0. The van der Waals surface area contributed by atoms with Crippen molar-refractivity contribution in [2.45, 2.75) is 13.0 Å². The van der Waals surface area contributed by atoms with E-state index in [1.54, 1.807) is 6.07 Å². The molecule has 0 radical (unpaired) electrons. The van der Waals surface area contributed by atoms with E-state index in [2.05, 4.69) is 5.32 Å². The quantitative estimate of drug-likeness (QED) is 0.880. The molecule has 0 fully saturated rings. The molecule has 1 atom stereocenters. The Hall–Kier alpha value is -0.970. The maximum Gasteiger partial charge on any atom is 0.131 e. The predicted octanol–water partition coefficient (Wildman–Crippen LogP) is 4.38. The topological polar surface area (TPSA) is 12.0 Å². The molecule has 1 unspecified atom stereocenters. The van der Waals surface area contributed by atoms with Crippen molar-refractivity contribution in [1.29, 1.82) is 0 Å². The van der Waals surface area contributed by atoms with Gasteiger partial charge < -0.3 is 5.32 Å². The first-order chi connectivity index (χ1) is 8.61. The van der Waals surface area contributed by atoms with Crippen LogP contribution in [0, 0.1) is 11.6 Å². The molecule has 18 heavy (non-hydrogen) atoms. The van der Waals surface area contributed by atoms with Gasteiger partial charge in [-0.3, -0.25) is 0 Å². The molecule has 0 aliphatic rings. The standard InChI is InChI=1S/C13H12ClF2NS/c1-2-17-13(11-5-6-12(14)18-11)9-4-3-8(15)7-10(9)16/h3-7,13,17H,2H2,1H3. The summed E-state index contributed by atoms with van der Waals surface area (Å²) in [5, 5.41) is 3.18. The first-order valence-corrected chi connectivity index (χ1v) is 6.75. The van der Waals surface area contributed by atoms with Crippen LogP contribution in [0.2, 0.25) is 4.34 Å². The molecule has 2 aromatic rings. The lowest BCUT2D eigenvalue weighted by molar-refractivity contribution is 0.544. The Morgan fingerprint density at radius 1 is 1.28 bits per heavy atom. The molecule has 0 bridgehead atoms. The molecule has 0 amide bonds. The van der Waals surface area contributed by atoms with Gasteiger partial charge in [-0.1, -0.05) is 24.6 Å². The molecule has 2 rings (SSSR count). The van der Waals surface area contributed by atoms with Crippen molar-refractivity contribution in [2.75, 3.05) is 6.54 Å². The fraction of sp³-hybridized carbons (Fsp3) is 0.231. The van der Waals surface area contributed by atoms with Crippen molar-refractivity contribution in [3.8, 4) is 0 Å². The van der Waals surface area contributed by atoms with Gasteiger partial charge in [0.2, 0.25) is 0 Å². The number of rotatable bonds is 4. The Bertz CT molecular complexity index is 542. The highest BCUT2D eigenvalue weighted by atomic mass is 35.5. The smallest absolute Gasteiger partial charge is 0.131 e. The Balaban J connectivity index is 2.41. The van der Waals surface area contributed by atoms with E-state index in [-0.39, 0.29) is 6.04 Å². The van der Waals surface area contributed by atoms with Crippen molar-refractivity contribution in [1.82, 2.24) is 5.32 Å². The summed E-state index contributed by atoms with van der Waals surface area (Å²) in [5.41, 5.74) is 0.428. The van der Waals surface area contributed by atoms with Crippen molar-refractivity contribution in [2.24, 2.45) is 0 Å². The van der Waals surface area contributed by atoms with Gasteiger partial charge in [0.25, 0.3) is 0 Å². The van der Waals surface area contributed by atoms with E-state index >= 15 is 0 Å². The van der Waals surface area contributed by atoms with Crippen LogP contribution >= 0.6 is 22.9 Å². The van der Waals surface area contributed by atoms with Crippen LogP contribution in [0.4, 0.5) is 8.78 Å². The summed E-state index contributed by atoms with van der Waals surface area (Å²) < 4.78 is 27.4. The first kappa shape index (κ1) is 13.5. The molecule has 0 aliphatic carbocycles. The fourth-order valence-electron chi connectivity index (χ4n) is 1.79. The van der Waals surface area contributed by atoms with Crippen molar-refractivity contribution >= 4 is 22.9 Å². The Kier molecular flexibility index (Phi) is 4.32. The summed E-state index contributed by atoms with van der Waals surface area (Å²) in [5.74, 6) is -1.12. The molecule has 0 saturated heterocycles. The van der Waals surface area contributed by atoms with Crippen LogP contribution in [0.3, 0.4) is 0 Å². The molecule has 0 spiro atoms. The lowest BCUT2D eigenvalue weighted by atomic mass is 10.0. The highest BCUT2D eigenvalue weighted by Gasteiger charge is 2.19. The van der Waals surface area contributed by atoms with E-state index in [1.807, 2.05) is 13.0 Å². The highest BCUT2D eigenvalue weighted by molar-refractivity contribution is 7.16. The molecule has 1 heterocycles. The molecule has 0 aliphatic heterocycles. The third-order valence-electron chi connectivity index (χ3n) is 2.56. The molecule has 1 N–H and O–H groups in total. The predicted molar refractivity (Wildman–Crippen MR) is 71.2 cm³/mol. The molecular weight excluding hydrogens is 276 g/mol. The molecule has 5 heteroatoms. The summed E-state index contributed by atoms with van der Waals surface area (Å²) >= 11 is 7.28. The normalized spacial score (nSPS) is 12.7. The van der Waals surface area contributed by atoms with Crippen LogP contribution in [-0.2, 0) is 0 Å². The average Bonchev–Trinajstić information content (AvgIpc) is 2.73. The van der Waals surface area contributed by atoms with Crippen LogP contribution in [-0.4, -0.2) is 6.54 Å². The molecule has 1 aromatic heterocycles. The van der Waals surface area contributed by atoms with Crippen molar-refractivity contribution < 1.29 is 8.78 Å². The second-order valence-corrected chi connectivity index (χ2v) is 5.55. The summed E-state index contributed by atoms with van der Waals surface area (Å²) in [7, 11) is 0. The molecular formula is C13H12ClF2NS. The number of hydrogen-bond donors (Lipinski definition) is 1. The Labute approximate surface area is 113 Å². The van der Waals surface area contributed by atoms with Gasteiger partial charge in [-0.25, -0.2) is 8.78 Å². The Morgan fingerprint density at radius 3 is 2.61 bits per heavy atom. The maximum absolute atomic E-state index is 13.8. The molecule has 1 aromatic carbocycles. The summed E-state index contributed by atoms with van der Waals surface area (Å²) in [6.45, 7) is 2.61. The monoisotopic (exact) mass is 287 g/mol. The number of benzene rings is 1. The fourth-order valence-corrected chi connectivity index (χ4v) is 2.94. The number of halogens is 3. The van der Waals surface area contributed by atoms with Crippen LogP contribution in [0.1, 0.15) is 23.4 Å². The van der Waals surface area contributed by atoms with Gasteiger partial charge in [0.1, 0.15) is 11.6 Å². The van der Waals surface area contributed by atoms with E-state index in [0.29, 0.717) is 16.4 Å². The third-order valence-corrected chi connectivity index (χ3v) is 3.86. The van der Waals surface area contributed by atoms with Gasteiger partial charge in [-0.15, -0.1) is 11.3 Å².